The van der Waals surface area contributed by atoms with Crippen LogP contribution < -0.4 is 5.32 Å². The first-order valence-corrected chi connectivity index (χ1v) is 7.11. The Morgan fingerprint density at radius 3 is 2.75 bits per heavy atom. The Balaban J connectivity index is 2.35. The Morgan fingerprint density at radius 1 is 1.35 bits per heavy atom. The smallest absolute Gasteiger partial charge is 0.335 e. The van der Waals surface area contributed by atoms with E-state index in [9.17, 15) is 9.59 Å². The molecule has 1 aromatic rings. The van der Waals surface area contributed by atoms with E-state index in [2.05, 4.69) is 19.2 Å². The fraction of sp³-hybridized carbons (Fsp3) is 0.500. The normalized spacial score (nSPS) is 11.9. The van der Waals surface area contributed by atoms with Crippen LogP contribution in [0.2, 0.25) is 0 Å². The summed E-state index contributed by atoms with van der Waals surface area (Å²) in [6.07, 6.45) is 3.36. The predicted molar refractivity (Wildman–Crippen MR) is 78.8 cm³/mol. The first-order valence-electron chi connectivity index (χ1n) is 7.11. The molecule has 1 atom stereocenters. The van der Waals surface area contributed by atoms with Crippen molar-refractivity contribution in [2.75, 3.05) is 6.54 Å². The predicted octanol–water partition coefficient (Wildman–Crippen LogP) is 2.87. The van der Waals surface area contributed by atoms with Crippen LogP contribution in [0.5, 0.6) is 0 Å². The molecule has 1 amide bonds. The number of hydrogen-bond acceptors (Lipinski definition) is 2. The molecule has 0 radical (unpaired) electrons. The zero-order valence-corrected chi connectivity index (χ0v) is 12.2. The van der Waals surface area contributed by atoms with Crippen molar-refractivity contribution in [2.24, 2.45) is 5.92 Å². The van der Waals surface area contributed by atoms with Crippen molar-refractivity contribution in [1.82, 2.24) is 5.32 Å². The topological polar surface area (TPSA) is 66.4 Å². The molecule has 0 saturated heterocycles. The molecule has 1 aromatic carbocycles. The maximum Gasteiger partial charge on any atom is 0.335 e. The number of benzene rings is 1. The second-order valence-electron chi connectivity index (χ2n) is 5.20. The molecule has 0 fully saturated rings. The third kappa shape index (κ3) is 5.87. The number of carboxylic acid groups (broad SMARTS) is 1. The Labute approximate surface area is 120 Å². The summed E-state index contributed by atoms with van der Waals surface area (Å²) < 4.78 is 0. The van der Waals surface area contributed by atoms with Crippen molar-refractivity contribution in [3.63, 3.8) is 0 Å². The highest BCUT2D eigenvalue weighted by Gasteiger charge is 2.08. The number of nitrogens with one attached hydrogen (secondary N) is 1. The summed E-state index contributed by atoms with van der Waals surface area (Å²) in [4.78, 5) is 22.5. The number of hydrogen-bond donors (Lipinski definition) is 2. The minimum absolute atomic E-state index is 0.0698. The van der Waals surface area contributed by atoms with E-state index in [1.807, 2.05) is 6.07 Å². The van der Waals surface area contributed by atoms with Crippen LogP contribution in [0.4, 0.5) is 0 Å². The number of carbonyl (C=O) groups excluding carboxylic acids is 1. The third-order valence-corrected chi connectivity index (χ3v) is 3.23. The van der Waals surface area contributed by atoms with Crippen molar-refractivity contribution in [3.05, 3.63) is 35.4 Å². The zero-order valence-electron chi connectivity index (χ0n) is 12.2. The second-order valence-corrected chi connectivity index (χ2v) is 5.20. The lowest BCUT2D eigenvalue weighted by atomic mass is 10.0. The van der Waals surface area contributed by atoms with Gasteiger partial charge in [0.2, 0.25) is 5.91 Å². The van der Waals surface area contributed by atoms with E-state index in [1.54, 1.807) is 18.2 Å². The highest BCUT2D eigenvalue weighted by Crippen LogP contribution is 2.09. The quantitative estimate of drug-likeness (QED) is 0.768. The number of carbonyl (C=O) groups is 2. The molecule has 0 aliphatic heterocycles. The van der Waals surface area contributed by atoms with Crippen molar-refractivity contribution in [2.45, 2.75) is 39.5 Å². The van der Waals surface area contributed by atoms with Gasteiger partial charge in [-0.15, -0.1) is 0 Å². The Morgan fingerprint density at radius 2 is 2.10 bits per heavy atom. The van der Waals surface area contributed by atoms with Crippen LogP contribution in [-0.2, 0) is 11.2 Å². The molecule has 0 spiro atoms. The largest absolute Gasteiger partial charge is 0.478 e. The van der Waals surface area contributed by atoms with Gasteiger partial charge in [0.15, 0.2) is 0 Å². The molecule has 0 bridgehead atoms. The molecule has 0 heterocycles. The van der Waals surface area contributed by atoms with E-state index in [4.69, 9.17) is 5.11 Å². The Hall–Kier alpha value is -1.84. The summed E-state index contributed by atoms with van der Waals surface area (Å²) in [5.74, 6) is -0.444. The lowest BCUT2D eigenvalue weighted by Gasteiger charge is -2.10. The maximum absolute atomic E-state index is 11.7. The molecule has 20 heavy (non-hydrogen) atoms. The van der Waals surface area contributed by atoms with Crippen LogP contribution in [0.25, 0.3) is 0 Å². The lowest BCUT2D eigenvalue weighted by Crippen LogP contribution is -2.27. The van der Waals surface area contributed by atoms with E-state index in [1.165, 1.54) is 0 Å². The van der Waals surface area contributed by atoms with Gasteiger partial charge in [0.05, 0.1) is 5.56 Å². The van der Waals surface area contributed by atoms with Gasteiger partial charge < -0.3 is 10.4 Å². The van der Waals surface area contributed by atoms with Crippen molar-refractivity contribution in [3.8, 4) is 0 Å². The van der Waals surface area contributed by atoms with Crippen LogP contribution in [-0.4, -0.2) is 23.5 Å². The molecule has 0 aliphatic rings. The molecule has 4 nitrogen and oxygen atoms in total. The van der Waals surface area contributed by atoms with E-state index >= 15 is 0 Å². The molecule has 0 saturated carbocycles. The third-order valence-electron chi connectivity index (χ3n) is 3.23. The van der Waals surface area contributed by atoms with Gasteiger partial charge in [-0.3, -0.25) is 4.79 Å². The molecular formula is C16H23NO3. The van der Waals surface area contributed by atoms with Crippen LogP contribution in [0.3, 0.4) is 0 Å². The second kappa shape index (κ2) is 8.35. The SMILES string of the molecule is CCCC(C)CC(=O)NCCc1cccc(C(=O)O)c1. The van der Waals surface area contributed by atoms with Gasteiger partial charge >= 0.3 is 5.97 Å². The minimum atomic E-state index is -0.927. The van der Waals surface area contributed by atoms with Crippen molar-refractivity contribution >= 4 is 11.9 Å². The number of carboxylic acids is 1. The van der Waals surface area contributed by atoms with Gasteiger partial charge in [-0.05, 0) is 30.0 Å². The van der Waals surface area contributed by atoms with Crippen LogP contribution in [0.15, 0.2) is 24.3 Å². The summed E-state index contributed by atoms with van der Waals surface area (Å²) in [5.41, 5.74) is 1.21. The van der Waals surface area contributed by atoms with Crippen LogP contribution >= 0.6 is 0 Å². The van der Waals surface area contributed by atoms with Gasteiger partial charge in [0.1, 0.15) is 0 Å². The lowest BCUT2D eigenvalue weighted by molar-refractivity contribution is -0.121. The molecule has 2 N–H and O–H groups in total. The minimum Gasteiger partial charge on any atom is -0.478 e. The van der Waals surface area contributed by atoms with E-state index in [0.717, 1.165) is 18.4 Å². The van der Waals surface area contributed by atoms with Crippen LogP contribution in [0.1, 0.15) is 49.0 Å². The number of amides is 1. The van der Waals surface area contributed by atoms with E-state index < -0.39 is 5.97 Å². The number of rotatable bonds is 8. The van der Waals surface area contributed by atoms with Crippen molar-refractivity contribution in [1.29, 1.82) is 0 Å². The van der Waals surface area contributed by atoms with Crippen molar-refractivity contribution < 1.29 is 14.7 Å². The average molecular weight is 277 g/mol. The Bertz CT molecular complexity index is 457. The first-order chi connectivity index (χ1) is 9.52. The maximum atomic E-state index is 11.7. The summed E-state index contributed by atoms with van der Waals surface area (Å²) in [7, 11) is 0. The van der Waals surface area contributed by atoms with E-state index in [-0.39, 0.29) is 11.5 Å². The fourth-order valence-electron chi connectivity index (χ4n) is 2.19. The molecule has 110 valence electrons. The molecule has 0 aliphatic carbocycles. The van der Waals surface area contributed by atoms with Crippen LogP contribution in [0, 0.1) is 5.92 Å². The monoisotopic (exact) mass is 277 g/mol. The van der Waals surface area contributed by atoms with Gasteiger partial charge in [-0.25, -0.2) is 4.79 Å². The summed E-state index contributed by atoms with van der Waals surface area (Å²) in [6.45, 7) is 4.74. The summed E-state index contributed by atoms with van der Waals surface area (Å²) >= 11 is 0. The molecule has 4 heteroatoms. The summed E-state index contributed by atoms with van der Waals surface area (Å²) in [6, 6.07) is 6.81. The van der Waals surface area contributed by atoms with Gasteiger partial charge in [-0.2, -0.15) is 0 Å². The first kappa shape index (κ1) is 16.2. The highest BCUT2D eigenvalue weighted by molar-refractivity contribution is 5.87. The molecular weight excluding hydrogens is 254 g/mol. The highest BCUT2D eigenvalue weighted by atomic mass is 16.4. The molecule has 1 unspecified atom stereocenters. The summed E-state index contributed by atoms with van der Waals surface area (Å²) in [5, 5.41) is 11.8. The fourth-order valence-corrected chi connectivity index (χ4v) is 2.19. The standard InChI is InChI=1S/C16H23NO3/c1-3-5-12(2)10-15(18)17-9-8-13-6-4-7-14(11-13)16(19)20/h4,6-7,11-12H,3,5,8-10H2,1-2H3,(H,17,18)(H,19,20). The average Bonchev–Trinajstić information content (AvgIpc) is 2.39. The van der Waals surface area contributed by atoms with Gasteiger partial charge in [0.25, 0.3) is 0 Å². The van der Waals surface area contributed by atoms with Gasteiger partial charge in [0, 0.05) is 13.0 Å². The van der Waals surface area contributed by atoms with Gasteiger partial charge in [-0.1, -0.05) is 38.8 Å². The molecule has 0 aromatic heterocycles. The molecule has 1 rings (SSSR count). The Kier molecular flexibility index (Phi) is 6.77. The number of aromatic carboxylic acids is 1. The van der Waals surface area contributed by atoms with E-state index in [0.29, 0.717) is 25.3 Å². The zero-order chi connectivity index (χ0) is 15.0.